The van der Waals surface area contributed by atoms with Crippen molar-refractivity contribution >= 4 is 11.9 Å². The maximum absolute atomic E-state index is 12.5. The van der Waals surface area contributed by atoms with Crippen LogP contribution in [-0.4, -0.2) is 59.5 Å². The lowest BCUT2D eigenvalue weighted by atomic mass is 9.96. The highest BCUT2D eigenvalue weighted by molar-refractivity contribution is 5.79. The minimum absolute atomic E-state index is 0.126. The number of amides is 1. The van der Waals surface area contributed by atoms with Crippen LogP contribution in [0.3, 0.4) is 0 Å². The highest BCUT2D eigenvalue weighted by Gasteiger charge is 2.27. The van der Waals surface area contributed by atoms with Crippen LogP contribution >= 0.6 is 0 Å². The summed E-state index contributed by atoms with van der Waals surface area (Å²) in [4.78, 5) is 25.8. The van der Waals surface area contributed by atoms with E-state index in [0.717, 1.165) is 44.8 Å². The van der Waals surface area contributed by atoms with E-state index in [0.29, 0.717) is 6.04 Å². The van der Waals surface area contributed by atoms with Gasteiger partial charge in [-0.3, -0.25) is 9.69 Å². The lowest BCUT2D eigenvalue weighted by Gasteiger charge is -2.32. The van der Waals surface area contributed by atoms with Crippen molar-refractivity contribution < 1.29 is 4.79 Å². The van der Waals surface area contributed by atoms with Crippen molar-refractivity contribution in [3.63, 3.8) is 0 Å². The molecule has 0 saturated carbocycles. The fourth-order valence-electron chi connectivity index (χ4n) is 3.80. The van der Waals surface area contributed by atoms with Gasteiger partial charge in [-0.2, -0.15) is 0 Å². The lowest BCUT2D eigenvalue weighted by molar-refractivity contribution is -0.125. The molecule has 0 aliphatic carbocycles. The number of carbonyl (C=O) groups is 1. The van der Waals surface area contributed by atoms with Crippen molar-refractivity contribution in [1.82, 2.24) is 20.2 Å². The molecule has 0 bridgehead atoms. The Morgan fingerprint density at radius 1 is 1.21 bits per heavy atom. The third kappa shape index (κ3) is 4.23. The van der Waals surface area contributed by atoms with Crippen LogP contribution in [0.1, 0.15) is 39.0 Å². The van der Waals surface area contributed by atoms with Crippen LogP contribution in [0.5, 0.6) is 0 Å². The molecule has 1 aromatic rings. The van der Waals surface area contributed by atoms with Gasteiger partial charge in [0, 0.05) is 44.0 Å². The van der Waals surface area contributed by atoms with Gasteiger partial charge in [0.05, 0.1) is 0 Å². The average molecular weight is 331 g/mol. The minimum atomic E-state index is 0.126. The highest BCUT2D eigenvalue weighted by atomic mass is 16.1. The maximum Gasteiger partial charge on any atom is 0.225 e. The number of piperidine rings is 1. The lowest BCUT2D eigenvalue weighted by Crippen LogP contribution is -2.46. The standard InChI is InChI=1S/C18H29N5O/c1-2-16(22-10-3-4-11-22)14-21-17(24)15-6-12-23(13-7-15)18-19-8-5-9-20-18/h5,8-9,15-16H,2-4,6-7,10-14H2,1H3,(H,21,24)/t16-/m1/s1. The fraction of sp³-hybridized carbons (Fsp3) is 0.722. The van der Waals surface area contributed by atoms with Crippen molar-refractivity contribution in [3.8, 4) is 0 Å². The molecule has 3 rings (SSSR count). The Bertz CT molecular complexity index is 509. The predicted molar refractivity (Wildman–Crippen MR) is 94.9 cm³/mol. The highest BCUT2D eigenvalue weighted by Crippen LogP contribution is 2.20. The first-order chi connectivity index (χ1) is 11.8. The molecule has 2 aliphatic rings. The third-order valence-corrected chi connectivity index (χ3v) is 5.34. The molecule has 1 amide bonds. The second-order valence-electron chi connectivity index (χ2n) is 6.86. The first-order valence-electron chi connectivity index (χ1n) is 9.31. The molecule has 24 heavy (non-hydrogen) atoms. The van der Waals surface area contributed by atoms with Gasteiger partial charge in [-0.1, -0.05) is 6.92 Å². The number of carbonyl (C=O) groups excluding carboxylic acids is 1. The molecule has 2 saturated heterocycles. The number of nitrogens with one attached hydrogen (secondary N) is 1. The largest absolute Gasteiger partial charge is 0.354 e. The molecule has 1 N–H and O–H groups in total. The van der Waals surface area contributed by atoms with E-state index in [-0.39, 0.29) is 11.8 Å². The van der Waals surface area contributed by atoms with E-state index in [1.807, 2.05) is 6.07 Å². The number of aromatic nitrogens is 2. The quantitative estimate of drug-likeness (QED) is 0.859. The Labute approximate surface area is 144 Å². The van der Waals surface area contributed by atoms with E-state index in [1.54, 1.807) is 12.4 Å². The summed E-state index contributed by atoms with van der Waals surface area (Å²) in [5.74, 6) is 1.12. The monoisotopic (exact) mass is 331 g/mol. The Morgan fingerprint density at radius 2 is 1.88 bits per heavy atom. The van der Waals surface area contributed by atoms with Crippen LogP contribution in [-0.2, 0) is 4.79 Å². The normalized spacial score (nSPS) is 21.0. The van der Waals surface area contributed by atoms with Crippen molar-refractivity contribution in [2.45, 2.75) is 45.1 Å². The van der Waals surface area contributed by atoms with Crippen molar-refractivity contribution in [3.05, 3.63) is 18.5 Å². The molecule has 0 unspecified atom stereocenters. The Hall–Kier alpha value is -1.69. The van der Waals surface area contributed by atoms with Crippen LogP contribution in [0.2, 0.25) is 0 Å². The van der Waals surface area contributed by atoms with E-state index in [2.05, 4.69) is 32.0 Å². The molecule has 132 valence electrons. The average Bonchev–Trinajstić information content (AvgIpc) is 3.17. The van der Waals surface area contributed by atoms with Crippen LogP contribution in [0.25, 0.3) is 0 Å². The van der Waals surface area contributed by atoms with Crippen molar-refractivity contribution in [2.24, 2.45) is 5.92 Å². The minimum Gasteiger partial charge on any atom is -0.354 e. The predicted octanol–water partition coefficient (Wildman–Crippen LogP) is 1.68. The van der Waals surface area contributed by atoms with Gasteiger partial charge >= 0.3 is 0 Å². The van der Waals surface area contributed by atoms with Crippen LogP contribution in [0, 0.1) is 5.92 Å². The summed E-state index contributed by atoms with van der Waals surface area (Å²) in [5, 5.41) is 3.20. The maximum atomic E-state index is 12.5. The Kier molecular flexibility index (Phi) is 6.01. The molecule has 1 atom stereocenters. The van der Waals surface area contributed by atoms with Gasteiger partial charge in [-0.05, 0) is 51.3 Å². The first-order valence-corrected chi connectivity index (χ1v) is 9.31. The number of rotatable bonds is 6. The van der Waals surface area contributed by atoms with Gasteiger partial charge in [0.1, 0.15) is 0 Å². The van der Waals surface area contributed by atoms with E-state index in [9.17, 15) is 4.79 Å². The fourth-order valence-corrected chi connectivity index (χ4v) is 3.80. The summed E-state index contributed by atoms with van der Waals surface area (Å²) in [5.41, 5.74) is 0. The third-order valence-electron chi connectivity index (χ3n) is 5.34. The van der Waals surface area contributed by atoms with E-state index in [1.165, 1.54) is 25.9 Å². The zero-order valence-corrected chi connectivity index (χ0v) is 14.7. The van der Waals surface area contributed by atoms with Crippen molar-refractivity contribution in [2.75, 3.05) is 37.6 Å². The molecule has 3 heterocycles. The second-order valence-corrected chi connectivity index (χ2v) is 6.86. The SMILES string of the molecule is CC[C@H](CNC(=O)C1CCN(c2ncccn2)CC1)N1CCCC1. The van der Waals surface area contributed by atoms with E-state index < -0.39 is 0 Å². The summed E-state index contributed by atoms with van der Waals surface area (Å²) >= 11 is 0. The first kappa shape index (κ1) is 17.1. The summed E-state index contributed by atoms with van der Waals surface area (Å²) in [7, 11) is 0. The van der Waals surface area contributed by atoms with Gasteiger partial charge < -0.3 is 10.2 Å². The van der Waals surface area contributed by atoms with E-state index >= 15 is 0 Å². The van der Waals surface area contributed by atoms with Gasteiger partial charge in [-0.25, -0.2) is 9.97 Å². The molecule has 0 aromatic carbocycles. The molecule has 0 spiro atoms. The summed E-state index contributed by atoms with van der Waals surface area (Å²) in [6.07, 6.45) is 8.99. The van der Waals surface area contributed by atoms with Gasteiger partial charge in [0.25, 0.3) is 0 Å². The summed E-state index contributed by atoms with van der Waals surface area (Å²) in [6.45, 7) is 7.08. The molecule has 0 radical (unpaired) electrons. The molecular weight excluding hydrogens is 302 g/mol. The number of likely N-dealkylation sites (tertiary alicyclic amines) is 1. The molecule has 2 aliphatic heterocycles. The van der Waals surface area contributed by atoms with Crippen molar-refractivity contribution in [1.29, 1.82) is 0 Å². The molecule has 6 heteroatoms. The Morgan fingerprint density at radius 3 is 2.50 bits per heavy atom. The van der Waals surface area contributed by atoms with E-state index in [4.69, 9.17) is 0 Å². The van der Waals surface area contributed by atoms with Gasteiger partial charge in [0.15, 0.2) is 0 Å². The Balaban J connectivity index is 1.43. The van der Waals surface area contributed by atoms with Gasteiger partial charge in [0.2, 0.25) is 11.9 Å². The number of hydrogen-bond acceptors (Lipinski definition) is 5. The summed E-state index contributed by atoms with van der Waals surface area (Å²) < 4.78 is 0. The number of hydrogen-bond donors (Lipinski definition) is 1. The zero-order chi connectivity index (χ0) is 16.8. The molecule has 2 fully saturated rings. The van der Waals surface area contributed by atoms with Crippen LogP contribution in [0.15, 0.2) is 18.5 Å². The molecular formula is C18H29N5O. The topological polar surface area (TPSA) is 61.4 Å². The zero-order valence-electron chi connectivity index (χ0n) is 14.7. The molecule has 6 nitrogen and oxygen atoms in total. The second kappa shape index (κ2) is 8.42. The summed E-state index contributed by atoms with van der Waals surface area (Å²) in [6, 6.07) is 2.32. The molecule has 1 aromatic heterocycles. The number of anilines is 1. The smallest absolute Gasteiger partial charge is 0.225 e. The van der Waals surface area contributed by atoms with Gasteiger partial charge in [-0.15, -0.1) is 0 Å². The number of nitrogens with zero attached hydrogens (tertiary/aromatic N) is 4. The van der Waals surface area contributed by atoms with Crippen LogP contribution < -0.4 is 10.2 Å². The van der Waals surface area contributed by atoms with Crippen LogP contribution in [0.4, 0.5) is 5.95 Å².